The molecule has 6 rings (SSSR count). The molecule has 116 heavy (non-hydrogen) atoms. The smallest absolute Gasteiger partial charge is 0.303 e. The molecule has 2 heterocycles. The van der Waals surface area contributed by atoms with Crippen LogP contribution in [0.25, 0.3) is 0 Å². The van der Waals surface area contributed by atoms with Crippen LogP contribution in [-0.2, 0) is 28.8 Å². The zero-order chi connectivity index (χ0) is 85.5. The van der Waals surface area contributed by atoms with E-state index in [1.807, 2.05) is 44.2 Å². The molecule has 3 fully saturated rings. The van der Waals surface area contributed by atoms with Crippen LogP contribution in [0.4, 0.5) is 17.1 Å². The van der Waals surface area contributed by atoms with Crippen molar-refractivity contribution in [3.05, 3.63) is 149 Å². The number of nitrogens with zero attached hydrogens (tertiary/aromatic N) is 2. The number of rotatable bonds is 51. The van der Waals surface area contributed by atoms with E-state index in [-0.39, 0.29) is 35.7 Å². The Kier molecular flexibility index (Phi) is 67.6. The van der Waals surface area contributed by atoms with E-state index >= 15 is 0 Å². The van der Waals surface area contributed by atoms with Gasteiger partial charge in [-0.05, 0) is 255 Å². The first-order valence-corrected chi connectivity index (χ1v) is 46.7. The number of piperidine rings is 2. The van der Waals surface area contributed by atoms with E-state index in [0.29, 0.717) is 25.2 Å². The topological polar surface area (TPSA) is 206 Å². The number of aryl methyl sites for hydroxylation is 6. The fraction of sp³-hybridized carbons (Fsp3) is 0.667. The van der Waals surface area contributed by atoms with E-state index in [4.69, 9.17) is 15.3 Å². The summed E-state index contributed by atoms with van der Waals surface area (Å²) in [6.45, 7) is 29.8. The minimum absolute atomic E-state index is 0.0442. The summed E-state index contributed by atoms with van der Waals surface area (Å²) >= 11 is 0. The molecule has 2 aliphatic heterocycles. The van der Waals surface area contributed by atoms with Crippen molar-refractivity contribution in [1.82, 2.24) is 9.80 Å². The van der Waals surface area contributed by atoms with Gasteiger partial charge in [0.25, 0.3) is 0 Å². The van der Waals surface area contributed by atoms with E-state index in [9.17, 15) is 28.8 Å². The van der Waals surface area contributed by atoms with Gasteiger partial charge in [-0.15, -0.1) is 0 Å². The molecule has 14 nitrogen and oxygen atoms in total. The summed E-state index contributed by atoms with van der Waals surface area (Å²) in [6.07, 6.45) is 75.8. The average molecular weight is 1610 g/mol. The van der Waals surface area contributed by atoms with Crippen molar-refractivity contribution in [1.29, 1.82) is 0 Å². The van der Waals surface area contributed by atoms with Gasteiger partial charge >= 0.3 is 17.9 Å². The molecule has 0 radical (unpaired) electrons. The van der Waals surface area contributed by atoms with Gasteiger partial charge in [0.1, 0.15) is 0 Å². The third-order valence-corrected chi connectivity index (χ3v) is 22.4. The van der Waals surface area contributed by atoms with Crippen molar-refractivity contribution in [3.63, 3.8) is 0 Å². The first-order valence-electron chi connectivity index (χ1n) is 46.7. The summed E-state index contributed by atoms with van der Waals surface area (Å²) in [6, 6.07) is 18.5. The fourth-order valence-electron chi connectivity index (χ4n) is 15.3. The molecule has 3 aromatic rings. The summed E-state index contributed by atoms with van der Waals surface area (Å²) in [5.74, 6) is -0.650. The summed E-state index contributed by atoms with van der Waals surface area (Å²) < 4.78 is 0. The zero-order valence-corrected chi connectivity index (χ0v) is 75.7. The number of aliphatic carboxylic acids is 3. The highest BCUT2D eigenvalue weighted by Gasteiger charge is 2.32. The zero-order valence-electron chi connectivity index (χ0n) is 75.7. The molecular weight excluding hydrogens is 1440 g/mol. The Labute approximate surface area is 708 Å². The third kappa shape index (κ3) is 55.0. The van der Waals surface area contributed by atoms with Gasteiger partial charge in [0.15, 0.2) is 0 Å². The Morgan fingerprint density at radius 2 is 0.621 bits per heavy atom. The van der Waals surface area contributed by atoms with Crippen molar-refractivity contribution in [2.45, 2.75) is 403 Å². The number of carbonyl (C=O) groups is 6. The molecule has 656 valence electrons. The molecule has 6 N–H and O–H groups in total. The number of benzene rings is 3. The average Bonchev–Trinajstić information content (AvgIpc) is 0.845. The van der Waals surface area contributed by atoms with Crippen LogP contribution in [0.15, 0.2) is 115 Å². The molecule has 1 saturated carbocycles. The normalized spacial score (nSPS) is 16.3. The quantitative estimate of drug-likeness (QED) is 0.0232. The van der Waals surface area contributed by atoms with Crippen LogP contribution in [0.3, 0.4) is 0 Å². The molecule has 0 spiro atoms. The van der Waals surface area contributed by atoms with Crippen molar-refractivity contribution >= 4 is 52.7 Å². The van der Waals surface area contributed by atoms with E-state index in [0.717, 1.165) is 186 Å². The van der Waals surface area contributed by atoms with E-state index < -0.39 is 17.9 Å². The Balaban J connectivity index is 0.000000699. The van der Waals surface area contributed by atoms with Gasteiger partial charge in [0.05, 0.1) is 12.1 Å². The molecule has 1 aliphatic carbocycles. The molecule has 2 saturated heterocycles. The Hall–Kier alpha value is -6.90. The minimum Gasteiger partial charge on any atom is -0.481 e. The van der Waals surface area contributed by atoms with Crippen molar-refractivity contribution in [3.8, 4) is 0 Å². The lowest BCUT2D eigenvalue weighted by Gasteiger charge is -2.34. The second-order valence-electron chi connectivity index (χ2n) is 32.9. The number of carboxylic acids is 3. The van der Waals surface area contributed by atoms with Gasteiger partial charge < -0.3 is 31.3 Å². The summed E-state index contributed by atoms with van der Waals surface area (Å²) in [7, 11) is 0. The van der Waals surface area contributed by atoms with Crippen LogP contribution in [0.2, 0.25) is 0 Å². The number of amides is 3. The Bertz CT molecular complexity index is 3030. The summed E-state index contributed by atoms with van der Waals surface area (Å²) in [5, 5.41) is 34.9. The second-order valence-corrected chi connectivity index (χ2v) is 32.9. The van der Waals surface area contributed by atoms with Gasteiger partial charge in [-0.1, -0.05) is 298 Å². The molecule has 3 aromatic carbocycles. The Morgan fingerprint density at radius 1 is 0.328 bits per heavy atom. The number of para-hydroxylation sites is 3. The number of carboxylic acid groups (broad SMARTS) is 3. The molecule has 3 aliphatic rings. The number of hydrogen-bond acceptors (Lipinski definition) is 8. The minimum atomic E-state index is -0.695. The summed E-state index contributed by atoms with van der Waals surface area (Å²) in [4.78, 5) is 73.6. The maximum atomic E-state index is 12.7. The monoisotopic (exact) mass is 1610 g/mol. The Morgan fingerprint density at radius 3 is 0.991 bits per heavy atom. The van der Waals surface area contributed by atoms with Gasteiger partial charge in [-0.2, -0.15) is 0 Å². The SMILES string of the molecule is CCCCC/C=C\C/C=C\C/C=C\CCCCC(=O)O.CCCCC/C=C\C/C=C\CCCCCCCC(=O)O.CCCCC1CCCCC1C(=O)Nc1c(C)cccc1C.CCCCCCCCCCCC(=O)O.CCCCN1CCCCC1C(=O)Nc1c(C)cccc1C.CCCN1CCCCC1C(=O)Nc1c(C)cccc1C. The van der Waals surface area contributed by atoms with Gasteiger partial charge in [-0.3, -0.25) is 38.6 Å². The lowest BCUT2D eigenvalue weighted by molar-refractivity contribution is -0.138. The van der Waals surface area contributed by atoms with E-state index in [1.165, 1.54) is 180 Å². The second kappa shape index (κ2) is 73.3. The standard InChI is InChI=1S/C19H29NO.C18H28N2O.C18H32O2.C18H30O2.C17H26N2O.C12H24O2/c1-4-5-11-16-12-6-7-13-17(16)19(21)20-18-14(2)9-8-10-15(18)3;1-4-5-12-20-13-7-6-11-16(20)18(21)19-17-14(2)9-8-10-15(17)3;2*1-2-3-4-5-6-7-8-9-10-11-12-13-14-15-16-17-18(19)20;1-4-11-19-12-6-5-10-15(19)17(20)18-16-13(2)8-7-9-14(16)3;1-2-3-4-5-6-7-8-9-10-11-12(13)14/h8-10,16-17H,4-7,11-13H2,1-3H3,(H,20,21);8-10,16H,4-7,11-13H2,1-3H3,(H,19,21);6-7,9-10H,2-5,8,11-17H2,1H3,(H,19,20);6-7,9-10,12-13H,2-5,8,11,14-17H2,1H3,(H,19,20);7-9,15H,4-6,10-12H2,1-3H3,(H,18,20);2-11H2,1H3,(H,13,14)/b;;7-6-,10-9-;7-6-,10-9-,13-12-;;. The van der Waals surface area contributed by atoms with Crippen molar-refractivity contribution in [2.75, 3.05) is 42.1 Å². The molecule has 0 aromatic heterocycles. The largest absolute Gasteiger partial charge is 0.481 e. The molecule has 14 heteroatoms. The van der Waals surface area contributed by atoms with Crippen molar-refractivity contribution in [2.24, 2.45) is 11.8 Å². The maximum Gasteiger partial charge on any atom is 0.303 e. The number of nitrogens with one attached hydrogen (secondary N) is 3. The van der Waals surface area contributed by atoms with Gasteiger partial charge in [-0.25, -0.2) is 0 Å². The number of unbranched alkanes of at least 4 members (excludes halogenated alkanes) is 23. The van der Waals surface area contributed by atoms with Gasteiger partial charge in [0.2, 0.25) is 17.7 Å². The van der Waals surface area contributed by atoms with Crippen LogP contribution in [0, 0.1) is 53.4 Å². The first kappa shape index (κ1) is 107. The predicted octanol–water partition coefficient (Wildman–Crippen LogP) is 28.2. The van der Waals surface area contributed by atoms with Crippen LogP contribution < -0.4 is 16.0 Å². The molecule has 3 amide bonds. The van der Waals surface area contributed by atoms with E-state index in [2.05, 4.69) is 180 Å². The van der Waals surface area contributed by atoms with Crippen LogP contribution in [0.5, 0.6) is 0 Å². The number of likely N-dealkylation sites (tertiary alicyclic amines) is 2. The van der Waals surface area contributed by atoms with Crippen LogP contribution >= 0.6 is 0 Å². The molecular formula is C102H169N5O9. The van der Waals surface area contributed by atoms with Crippen LogP contribution in [-0.4, -0.2) is 99.0 Å². The number of hydrogen-bond donors (Lipinski definition) is 6. The molecule has 0 bridgehead atoms. The predicted molar refractivity (Wildman–Crippen MR) is 496 cm³/mol. The maximum absolute atomic E-state index is 12.7. The molecule has 4 unspecified atom stereocenters. The highest BCUT2D eigenvalue weighted by atomic mass is 16.4. The highest BCUT2D eigenvalue weighted by Crippen LogP contribution is 2.35. The lowest BCUT2D eigenvalue weighted by atomic mass is 9.76. The highest BCUT2D eigenvalue weighted by molar-refractivity contribution is 5.97. The number of allylic oxidation sites excluding steroid dienone is 10. The number of carbonyl (C=O) groups excluding carboxylic acids is 3. The lowest BCUT2D eigenvalue weighted by Crippen LogP contribution is -2.47. The van der Waals surface area contributed by atoms with E-state index in [1.54, 1.807) is 0 Å². The van der Waals surface area contributed by atoms with Gasteiger partial charge in [0, 0.05) is 42.2 Å². The molecule has 4 atom stereocenters. The number of anilines is 3. The fourth-order valence-corrected chi connectivity index (χ4v) is 15.3. The van der Waals surface area contributed by atoms with Crippen molar-refractivity contribution < 1.29 is 44.1 Å². The first-order chi connectivity index (χ1) is 56.2. The van der Waals surface area contributed by atoms with Crippen LogP contribution in [0.1, 0.15) is 383 Å². The summed E-state index contributed by atoms with van der Waals surface area (Å²) in [5.41, 5.74) is 9.85. The third-order valence-electron chi connectivity index (χ3n) is 22.4.